The number of aryl methyl sites for hydroxylation is 1. The summed E-state index contributed by atoms with van der Waals surface area (Å²) in [6.07, 6.45) is 0. The molecule has 3 nitrogen and oxygen atoms in total. The second-order valence-corrected chi connectivity index (χ2v) is 8.65. The molecule has 31 heavy (non-hydrogen) atoms. The average Bonchev–Trinajstić information content (AvgIpc) is 3.48. The number of para-hydroxylation sites is 1. The Kier molecular flexibility index (Phi) is 5.23. The van der Waals surface area contributed by atoms with Crippen LogP contribution in [0.2, 0.25) is 0 Å². The number of rotatable bonds is 5. The summed E-state index contributed by atoms with van der Waals surface area (Å²) in [5.74, 6) is -0.0857. The standard InChI is InChI=1S/C27H22N2OS/c1-19-14-16-20(17-15-19)24-25(23-13-8-18-31-23)28-29(22-11-6-3-7-12-22)26(24)27(30)21-9-4-2-5-10-21/h2-18,24,26H,1H3. The number of Topliss-reactive ketones (excluding diaryl/α,β-unsaturated/α-hetero) is 1. The quantitative estimate of drug-likeness (QED) is 0.353. The minimum absolute atomic E-state index is 0.0744. The van der Waals surface area contributed by atoms with Crippen molar-refractivity contribution in [2.24, 2.45) is 5.10 Å². The van der Waals surface area contributed by atoms with Crippen LogP contribution in [0.1, 0.15) is 32.3 Å². The number of nitrogens with zero attached hydrogens (tertiary/aromatic N) is 2. The zero-order valence-corrected chi connectivity index (χ0v) is 18.0. The Morgan fingerprint density at radius 3 is 2.16 bits per heavy atom. The van der Waals surface area contributed by atoms with E-state index in [1.54, 1.807) is 11.3 Å². The highest BCUT2D eigenvalue weighted by molar-refractivity contribution is 7.12. The van der Waals surface area contributed by atoms with Gasteiger partial charge in [0.2, 0.25) is 0 Å². The molecule has 0 amide bonds. The molecule has 0 saturated heterocycles. The van der Waals surface area contributed by atoms with E-state index in [2.05, 4.69) is 42.6 Å². The van der Waals surface area contributed by atoms with Crippen molar-refractivity contribution in [3.05, 3.63) is 124 Å². The smallest absolute Gasteiger partial charge is 0.188 e. The molecule has 0 aliphatic carbocycles. The summed E-state index contributed by atoms with van der Waals surface area (Å²) in [5.41, 5.74) is 4.86. The van der Waals surface area contributed by atoms with E-state index in [0.29, 0.717) is 5.56 Å². The minimum atomic E-state index is -0.454. The number of benzene rings is 3. The van der Waals surface area contributed by atoms with Gasteiger partial charge in [0.1, 0.15) is 6.04 Å². The molecule has 1 aliphatic heterocycles. The van der Waals surface area contributed by atoms with Crippen molar-refractivity contribution in [3.63, 3.8) is 0 Å². The average molecular weight is 423 g/mol. The summed E-state index contributed by atoms with van der Waals surface area (Å²) in [7, 11) is 0. The zero-order valence-electron chi connectivity index (χ0n) is 17.2. The lowest BCUT2D eigenvalue weighted by Gasteiger charge is -2.27. The summed E-state index contributed by atoms with van der Waals surface area (Å²) in [6.45, 7) is 2.08. The number of hydrogen-bond donors (Lipinski definition) is 0. The van der Waals surface area contributed by atoms with Gasteiger partial charge >= 0.3 is 0 Å². The SMILES string of the molecule is Cc1ccc(C2C(c3cccs3)=NN(c3ccccc3)C2C(=O)c2ccccc2)cc1. The largest absolute Gasteiger partial charge is 0.292 e. The van der Waals surface area contributed by atoms with Gasteiger partial charge < -0.3 is 0 Å². The van der Waals surface area contributed by atoms with Crippen molar-refractivity contribution in [1.29, 1.82) is 0 Å². The molecule has 2 unspecified atom stereocenters. The van der Waals surface area contributed by atoms with Gasteiger partial charge in [-0.3, -0.25) is 9.80 Å². The van der Waals surface area contributed by atoms with E-state index in [4.69, 9.17) is 5.10 Å². The fraction of sp³-hybridized carbons (Fsp3) is 0.111. The molecule has 4 aromatic rings. The molecule has 0 radical (unpaired) electrons. The normalized spacial score (nSPS) is 18.1. The number of anilines is 1. The second-order valence-electron chi connectivity index (χ2n) is 7.71. The Morgan fingerprint density at radius 1 is 0.839 bits per heavy atom. The lowest BCUT2D eigenvalue weighted by Crippen LogP contribution is -2.39. The fourth-order valence-corrected chi connectivity index (χ4v) is 4.86. The number of ketones is 1. The number of hydrazone groups is 1. The molecule has 1 aromatic heterocycles. The summed E-state index contributed by atoms with van der Waals surface area (Å²) < 4.78 is 0. The molecule has 2 heterocycles. The predicted octanol–water partition coefficient (Wildman–Crippen LogP) is 6.32. The van der Waals surface area contributed by atoms with Gasteiger partial charge in [-0.1, -0.05) is 84.4 Å². The molecule has 2 atom stereocenters. The Hall–Kier alpha value is -3.50. The molecular formula is C27H22N2OS. The third-order valence-corrected chi connectivity index (χ3v) is 6.54. The molecule has 4 heteroatoms. The Balaban J connectivity index is 1.69. The highest BCUT2D eigenvalue weighted by atomic mass is 32.1. The summed E-state index contributed by atoms with van der Waals surface area (Å²) in [4.78, 5) is 15.0. The van der Waals surface area contributed by atoms with Crippen LogP contribution in [0.4, 0.5) is 5.69 Å². The number of thiophene rings is 1. The Bertz CT molecular complexity index is 1200. The molecule has 3 aromatic carbocycles. The van der Waals surface area contributed by atoms with Crippen molar-refractivity contribution in [1.82, 2.24) is 0 Å². The summed E-state index contributed by atoms with van der Waals surface area (Å²) >= 11 is 1.66. The molecule has 0 bridgehead atoms. The van der Waals surface area contributed by atoms with Crippen LogP contribution in [-0.4, -0.2) is 17.5 Å². The highest BCUT2D eigenvalue weighted by Crippen LogP contribution is 2.39. The monoisotopic (exact) mass is 422 g/mol. The number of hydrogen-bond acceptors (Lipinski definition) is 4. The maximum Gasteiger partial charge on any atom is 0.188 e. The maximum absolute atomic E-state index is 13.9. The highest BCUT2D eigenvalue weighted by Gasteiger charge is 2.44. The van der Waals surface area contributed by atoms with E-state index in [1.165, 1.54) is 5.56 Å². The molecule has 5 rings (SSSR count). The molecule has 0 fully saturated rings. The van der Waals surface area contributed by atoms with Gasteiger partial charge in [-0.05, 0) is 36.1 Å². The van der Waals surface area contributed by atoms with E-state index in [9.17, 15) is 4.79 Å². The fourth-order valence-electron chi connectivity index (χ4n) is 4.11. The Labute approximate surface area is 186 Å². The van der Waals surface area contributed by atoms with E-state index >= 15 is 0 Å². The molecule has 0 N–H and O–H groups in total. The first-order chi connectivity index (χ1) is 15.2. The van der Waals surface area contributed by atoms with Crippen LogP contribution >= 0.6 is 11.3 Å². The summed E-state index contributed by atoms with van der Waals surface area (Å²) in [5, 5.41) is 9.02. The van der Waals surface area contributed by atoms with E-state index in [1.807, 2.05) is 71.7 Å². The predicted molar refractivity (Wildman–Crippen MR) is 128 cm³/mol. The van der Waals surface area contributed by atoms with E-state index in [0.717, 1.165) is 21.8 Å². The summed E-state index contributed by atoms with van der Waals surface area (Å²) in [6, 6.07) is 31.7. The second kappa shape index (κ2) is 8.32. The van der Waals surface area contributed by atoms with Crippen molar-refractivity contribution in [2.45, 2.75) is 18.9 Å². The molecule has 0 spiro atoms. The Morgan fingerprint density at radius 2 is 1.52 bits per heavy atom. The number of carbonyl (C=O) groups excluding carboxylic acids is 1. The van der Waals surface area contributed by atoms with Gasteiger partial charge in [0, 0.05) is 5.56 Å². The van der Waals surface area contributed by atoms with Gasteiger partial charge in [0.15, 0.2) is 5.78 Å². The van der Waals surface area contributed by atoms with E-state index in [-0.39, 0.29) is 11.7 Å². The lowest BCUT2D eigenvalue weighted by atomic mass is 9.83. The van der Waals surface area contributed by atoms with Crippen molar-refractivity contribution >= 4 is 28.5 Å². The van der Waals surface area contributed by atoms with Gasteiger partial charge in [-0.2, -0.15) is 5.10 Å². The van der Waals surface area contributed by atoms with Crippen LogP contribution in [0.5, 0.6) is 0 Å². The van der Waals surface area contributed by atoms with Crippen molar-refractivity contribution in [2.75, 3.05) is 5.01 Å². The first-order valence-corrected chi connectivity index (χ1v) is 11.2. The molecule has 1 aliphatic rings. The minimum Gasteiger partial charge on any atom is -0.292 e. The van der Waals surface area contributed by atoms with Gasteiger partial charge in [-0.25, -0.2) is 0 Å². The molecule has 152 valence electrons. The topological polar surface area (TPSA) is 32.7 Å². The lowest BCUT2D eigenvalue weighted by molar-refractivity contribution is 0.0957. The zero-order chi connectivity index (χ0) is 21.2. The number of carbonyl (C=O) groups is 1. The van der Waals surface area contributed by atoms with Crippen molar-refractivity contribution in [3.8, 4) is 0 Å². The molecule has 0 saturated carbocycles. The third-order valence-electron chi connectivity index (χ3n) is 5.65. The first kappa shape index (κ1) is 19.5. The van der Waals surface area contributed by atoms with Crippen LogP contribution in [0.15, 0.2) is 108 Å². The van der Waals surface area contributed by atoms with Crippen LogP contribution < -0.4 is 5.01 Å². The van der Waals surface area contributed by atoms with Gasteiger partial charge in [0.25, 0.3) is 0 Å². The maximum atomic E-state index is 13.9. The third kappa shape index (κ3) is 3.71. The van der Waals surface area contributed by atoms with Crippen LogP contribution in [-0.2, 0) is 0 Å². The van der Waals surface area contributed by atoms with Crippen molar-refractivity contribution < 1.29 is 4.79 Å². The molecular weight excluding hydrogens is 400 g/mol. The van der Waals surface area contributed by atoms with Crippen LogP contribution in [0, 0.1) is 6.92 Å². The first-order valence-electron chi connectivity index (χ1n) is 10.3. The van der Waals surface area contributed by atoms with Gasteiger partial charge in [0.05, 0.1) is 22.2 Å². The van der Waals surface area contributed by atoms with Crippen LogP contribution in [0.3, 0.4) is 0 Å². The van der Waals surface area contributed by atoms with Gasteiger partial charge in [-0.15, -0.1) is 11.3 Å². The van der Waals surface area contributed by atoms with Crippen LogP contribution in [0.25, 0.3) is 0 Å². The van der Waals surface area contributed by atoms with E-state index < -0.39 is 6.04 Å².